The normalized spacial score (nSPS) is 19.8. The summed E-state index contributed by atoms with van der Waals surface area (Å²) in [7, 11) is 0. The van der Waals surface area contributed by atoms with E-state index in [0.29, 0.717) is 29.9 Å². The third-order valence-electron chi connectivity index (χ3n) is 5.28. The van der Waals surface area contributed by atoms with Crippen molar-refractivity contribution in [1.82, 2.24) is 10.3 Å². The number of nitrogens with two attached hydrogens (primary N) is 1. The van der Waals surface area contributed by atoms with Gasteiger partial charge in [0, 0.05) is 18.2 Å². The molecule has 2 fully saturated rings. The Bertz CT molecular complexity index is 661. The quantitative estimate of drug-likeness (QED) is 0.529. The van der Waals surface area contributed by atoms with Gasteiger partial charge in [-0.25, -0.2) is 0 Å². The Morgan fingerprint density at radius 1 is 1.42 bits per heavy atom. The number of aromatic nitrogens is 1. The summed E-state index contributed by atoms with van der Waals surface area (Å²) >= 11 is 0. The van der Waals surface area contributed by atoms with E-state index in [-0.39, 0.29) is 11.7 Å². The number of pyridine rings is 1. The van der Waals surface area contributed by atoms with Crippen molar-refractivity contribution >= 4 is 11.7 Å². The molecule has 2 aliphatic carbocycles. The van der Waals surface area contributed by atoms with Crippen molar-refractivity contribution in [3.05, 3.63) is 29.1 Å². The van der Waals surface area contributed by atoms with Crippen molar-refractivity contribution in [2.24, 2.45) is 11.7 Å². The van der Waals surface area contributed by atoms with E-state index >= 15 is 0 Å². The summed E-state index contributed by atoms with van der Waals surface area (Å²) < 4.78 is 0. The molecule has 5 nitrogen and oxygen atoms in total. The molecule has 1 heterocycles. The smallest absolute Gasteiger partial charge is 0.270 e. The molecular formula is C19H28N4O. The van der Waals surface area contributed by atoms with Crippen LogP contribution < -0.4 is 11.1 Å². The van der Waals surface area contributed by atoms with Crippen molar-refractivity contribution in [1.29, 1.82) is 5.41 Å². The van der Waals surface area contributed by atoms with Crippen LogP contribution in [-0.2, 0) is 0 Å². The number of hydrogen-bond donors (Lipinski definition) is 3. The first-order chi connectivity index (χ1) is 11.3. The second kappa shape index (κ2) is 6.19. The fourth-order valence-electron chi connectivity index (χ4n) is 3.57. The molecule has 1 amide bonds. The van der Waals surface area contributed by atoms with Gasteiger partial charge in [-0.15, -0.1) is 0 Å². The molecule has 1 atom stereocenters. The van der Waals surface area contributed by atoms with Crippen LogP contribution in [-0.4, -0.2) is 22.3 Å². The third kappa shape index (κ3) is 3.60. The maximum atomic E-state index is 12.8. The van der Waals surface area contributed by atoms with Gasteiger partial charge in [0.2, 0.25) is 0 Å². The number of rotatable bonds is 7. The Labute approximate surface area is 143 Å². The maximum absolute atomic E-state index is 12.8. The van der Waals surface area contributed by atoms with Crippen LogP contribution in [0.5, 0.6) is 0 Å². The number of amidine groups is 1. The van der Waals surface area contributed by atoms with Crippen LogP contribution >= 0.6 is 0 Å². The van der Waals surface area contributed by atoms with Crippen molar-refractivity contribution < 1.29 is 4.79 Å². The van der Waals surface area contributed by atoms with E-state index in [9.17, 15) is 4.79 Å². The van der Waals surface area contributed by atoms with Gasteiger partial charge in [0.1, 0.15) is 5.69 Å². The van der Waals surface area contributed by atoms with Crippen LogP contribution in [0.1, 0.15) is 86.3 Å². The molecule has 0 aliphatic heterocycles. The summed E-state index contributed by atoms with van der Waals surface area (Å²) in [5, 5.41) is 10.7. The van der Waals surface area contributed by atoms with Gasteiger partial charge < -0.3 is 11.1 Å². The Hall–Kier alpha value is -1.91. The van der Waals surface area contributed by atoms with Gasteiger partial charge in [-0.2, -0.15) is 0 Å². The largest absolute Gasteiger partial charge is 0.388 e. The van der Waals surface area contributed by atoms with Crippen molar-refractivity contribution in [3.63, 3.8) is 0 Å². The van der Waals surface area contributed by atoms with E-state index in [4.69, 9.17) is 11.1 Å². The number of carbonyl (C=O) groups excluding carboxylic acids is 1. The first-order valence-electron chi connectivity index (χ1n) is 8.95. The molecule has 5 heteroatoms. The van der Waals surface area contributed by atoms with Crippen LogP contribution in [0, 0.1) is 11.3 Å². The molecule has 1 aromatic heterocycles. The summed E-state index contributed by atoms with van der Waals surface area (Å²) in [6, 6.07) is 1.95. The second-order valence-electron chi connectivity index (χ2n) is 7.98. The Morgan fingerprint density at radius 3 is 2.58 bits per heavy atom. The summed E-state index contributed by atoms with van der Waals surface area (Å²) in [6.07, 6.45) is 6.89. The molecule has 24 heavy (non-hydrogen) atoms. The molecule has 130 valence electrons. The van der Waals surface area contributed by atoms with Crippen LogP contribution in [0.2, 0.25) is 0 Å². The van der Waals surface area contributed by atoms with E-state index in [1.807, 2.05) is 19.2 Å². The van der Waals surface area contributed by atoms with Crippen LogP contribution in [0.25, 0.3) is 0 Å². The van der Waals surface area contributed by atoms with Gasteiger partial charge in [-0.05, 0) is 67.6 Å². The summed E-state index contributed by atoms with van der Waals surface area (Å²) in [6.45, 7) is 6.31. The minimum atomic E-state index is -0.447. The van der Waals surface area contributed by atoms with Gasteiger partial charge in [0.25, 0.3) is 5.91 Å². The highest BCUT2D eigenvalue weighted by molar-refractivity contribution is 5.93. The van der Waals surface area contributed by atoms with E-state index in [2.05, 4.69) is 24.1 Å². The minimum absolute atomic E-state index is 0.115. The Morgan fingerprint density at radius 2 is 2.08 bits per heavy atom. The third-order valence-corrected chi connectivity index (χ3v) is 5.28. The molecule has 0 aromatic carbocycles. The summed E-state index contributed by atoms with van der Waals surface area (Å²) in [5.41, 5.74) is 8.16. The molecule has 2 aliphatic rings. The van der Waals surface area contributed by atoms with E-state index in [1.54, 1.807) is 0 Å². The first kappa shape index (κ1) is 16.9. The SMILES string of the molecule is CC(C)c1cc(C(=O)NC(C)(CC(=N)N)C2CC2)ncc1C1CC1. The zero-order valence-corrected chi connectivity index (χ0v) is 14.9. The molecule has 1 aromatic rings. The number of nitrogens with one attached hydrogen (secondary N) is 2. The highest BCUT2D eigenvalue weighted by Gasteiger charge is 2.43. The molecule has 0 bridgehead atoms. The lowest BCUT2D eigenvalue weighted by atomic mass is 9.90. The molecule has 4 N–H and O–H groups in total. The highest BCUT2D eigenvalue weighted by Crippen LogP contribution is 2.43. The molecule has 2 saturated carbocycles. The summed E-state index contributed by atoms with van der Waals surface area (Å²) in [4.78, 5) is 17.2. The van der Waals surface area contributed by atoms with Gasteiger partial charge in [0.05, 0.1) is 5.84 Å². The van der Waals surface area contributed by atoms with Gasteiger partial charge in [0.15, 0.2) is 0 Å². The molecule has 0 saturated heterocycles. The van der Waals surface area contributed by atoms with E-state index < -0.39 is 5.54 Å². The lowest BCUT2D eigenvalue weighted by Gasteiger charge is -2.30. The second-order valence-corrected chi connectivity index (χ2v) is 7.98. The number of amides is 1. The lowest BCUT2D eigenvalue weighted by Crippen LogP contribution is -2.50. The Balaban J connectivity index is 1.81. The topological polar surface area (TPSA) is 91.9 Å². The van der Waals surface area contributed by atoms with Crippen molar-refractivity contribution in [2.75, 3.05) is 0 Å². The molecular weight excluding hydrogens is 300 g/mol. The molecule has 1 unspecified atom stereocenters. The average molecular weight is 328 g/mol. The lowest BCUT2D eigenvalue weighted by molar-refractivity contribution is 0.0892. The summed E-state index contributed by atoms with van der Waals surface area (Å²) in [5.74, 6) is 1.36. The van der Waals surface area contributed by atoms with Gasteiger partial charge in [-0.3, -0.25) is 15.2 Å². The van der Waals surface area contributed by atoms with Crippen molar-refractivity contribution in [2.45, 2.75) is 70.3 Å². The fourth-order valence-corrected chi connectivity index (χ4v) is 3.57. The fraction of sp³-hybridized carbons (Fsp3) is 0.632. The van der Waals surface area contributed by atoms with Gasteiger partial charge >= 0.3 is 0 Å². The van der Waals surface area contributed by atoms with Gasteiger partial charge in [-0.1, -0.05) is 13.8 Å². The van der Waals surface area contributed by atoms with Crippen molar-refractivity contribution in [3.8, 4) is 0 Å². The monoisotopic (exact) mass is 328 g/mol. The number of carbonyl (C=O) groups is 1. The molecule has 3 rings (SSSR count). The number of hydrogen-bond acceptors (Lipinski definition) is 3. The van der Waals surface area contributed by atoms with Crippen LogP contribution in [0.4, 0.5) is 0 Å². The van der Waals surface area contributed by atoms with Crippen LogP contribution in [0.3, 0.4) is 0 Å². The predicted octanol–water partition coefficient (Wildman–Crippen LogP) is 3.31. The standard InChI is InChI=1S/C19H28N4O/c1-11(2)14-8-16(22-10-15(14)12-4-5-12)18(24)23-19(3,9-17(20)21)13-6-7-13/h8,10-13H,4-7,9H2,1-3H3,(H3,20,21)(H,23,24). The van der Waals surface area contributed by atoms with E-state index in [1.165, 1.54) is 24.0 Å². The average Bonchev–Trinajstić information content (AvgIpc) is 3.38. The molecule has 0 spiro atoms. The van der Waals surface area contributed by atoms with Crippen LogP contribution in [0.15, 0.2) is 12.3 Å². The Kier molecular flexibility index (Phi) is 4.37. The zero-order chi connectivity index (χ0) is 17.5. The minimum Gasteiger partial charge on any atom is -0.388 e. The predicted molar refractivity (Wildman–Crippen MR) is 95.4 cm³/mol. The van der Waals surface area contributed by atoms with E-state index in [0.717, 1.165) is 12.8 Å². The molecule has 0 radical (unpaired) electrons. The maximum Gasteiger partial charge on any atom is 0.270 e. The first-order valence-corrected chi connectivity index (χ1v) is 8.95. The number of nitrogens with zero attached hydrogens (tertiary/aromatic N) is 1. The highest BCUT2D eigenvalue weighted by atomic mass is 16.2. The zero-order valence-electron chi connectivity index (χ0n) is 14.9.